The molecule has 0 saturated carbocycles. The first kappa shape index (κ1) is 18.0. The summed E-state index contributed by atoms with van der Waals surface area (Å²) in [6.07, 6.45) is -0.197. The number of nitrogens with zero attached hydrogens (tertiary/aromatic N) is 1. The summed E-state index contributed by atoms with van der Waals surface area (Å²) in [6, 6.07) is 16.3. The lowest BCUT2D eigenvalue weighted by atomic mass is 10.2. The second-order valence-electron chi connectivity index (χ2n) is 5.46. The highest BCUT2D eigenvalue weighted by molar-refractivity contribution is 5.92. The molecular formula is C19H19N3O3. The number of aryl methyl sites for hydroxylation is 1. The van der Waals surface area contributed by atoms with Crippen molar-refractivity contribution in [2.24, 2.45) is 0 Å². The minimum Gasteiger partial charge on any atom is -0.484 e. The summed E-state index contributed by atoms with van der Waals surface area (Å²) in [6.45, 7) is 2.23. The third-order valence-corrected chi connectivity index (χ3v) is 3.33. The van der Waals surface area contributed by atoms with Crippen LogP contribution in [0.25, 0.3) is 0 Å². The van der Waals surface area contributed by atoms with Crippen LogP contribution in [0, 0.1) is 18.3 Å². The second kappa shape index (κ2) is 9.08. The molecule has 0 heterocycles. The fourth-order valence-corrected chi connectivity index (χ4v) is 2.07. The molecule has 0 unspecified atom stereocenters. The number of carbonyl (C=O) groups excluding carboxylic acids is 2. The Balaban J connectivity index is 1.80. The van der Waals surface area contributed by atoms with Crippen molar-refractivity contribution < 1.29 is 14.3 Å². The molecule has 2 aromatic carbocycles. The predicted octanol–water partition coefficient (Wildman–Crippen LogP) is 2.54. The minimum absolute atomic E-state index is 0.0678. The van der Waals surface area contributed by atoms with E-state index in [9.17, 15) is 9.59 Å². The highest BCUT2D eigenvalue weighted by Gasteiger charge is 2.05. The molecule has 0 aliphatic rings. The molecule has 0 radical (unpaired) electrons. The van der Waals surface area contributed by atoms with Crippen molar-refractivity contribution in [3.8, 4) is 11.8 Å². The van der Waals surface area contributed by atoms with E-state index >= 15 is 0 Å². The van der Waals surface area contributed by atoms with E-state index in [-0.39, 0.29) is 24.8 Å². The molecule has 2 amide bonds. The summed E-state index contributed by atoms with van der Waals surface area (Å²) in [5.74, 6) is 0.0395. The van der Waals surface area contributed by atoms with Crippen LogP contribution in [-0.4, -0.2) is 18.4 Å². The van der Waals surface area contributed by atoms with Crippen LogP contribution >= 0.6 is 0 Å². The second-order valence-corrected chi connectivity index (χ2v) is 5.46. The number of carbonyl (C=O) groups is 2. The maximum Gasteiger partial charge on any atom is 0.258 e. The van der Waals surface area contributed by atoms with Crippen LogP contribution < -0.4 is 15.4 Å². The summed E-state index contributed by atoms with van der Waals surface area (Å²) < 4.78 is 5.41. The summed E-state index contributed by atoms with van der Waals surface area (Å²) in [5, 5.41) is 13.9. The smallest absolute Gasteiger partial charge is 0.258 e. The normalized spacial score (nSPS) is 9.76. The van der Waals surface area contributed by atoms with Gasteiger partial charge in [-0.1, -0.05) is 29.8 Å². The largest absolute Gasteiger partial charge is 0.484 e. The molecule has 25 heavy (non-hydrogen) atoms. The number of benzene rings is 2. The number of nitriles is 1. The number of ether oxygens (including phenoxy) is 1. The van der Waals surface area contributed by atoms with E-state index in [1.54, 1.807) is 24.3 Å². The standard InChI is InChI=1S/C19H19N3O3/c1-14-5-7-17(8-6-14)25-13-19(24)21-12-15-3-2-4-16(11-15)22-18(23)9-10-20/h2-8,11H,9,12-13H2,1H3,(H,21,24)(H,22,23). The Bertz CT molecular complexity index is 779. The topological polar surface area (TPSA) is 91.2 Å². The number of rotatable bonds is 7. The maximum atomic E-state index is 11.9. The van der Waals surface area contributed by atoms with Gasteiger partial charge in [0, 0.05) is 12.2 Å². The molecule has 0 aromatic heterocycles. The lowest BCUT2D eigenvalue weighted by Gasteiger charge is -2.09. The Kier molecular flexibility index (Phi) is 6.55. The first-order chi connectivity index (χ1) is 12.1. The third kappa shape index (κ3) is 6.36. The van der Waals surface area contributed by atoms with E-state index in [1.165, 1.54) is 0 Å². The summed E-state index contributed by atoms with van der Waals surface area (Å²) >= 11 is 0. The zero-order valence-electron chi connectivity index (χ0n) is 13.9. The first-order valence-electron chi connectivity index (χ1n) is 7.79. The van der Waals surface area contributed by atoms with Gasteiger partial charge in [-0.15, -0.1) is 0 Å². The van der Waals surface area contributed by atoms with Gasteiger partial charge in [0.1, 0.15) is 12.2 Å². The number of anilines is 1. The average Bonchev–Trinajstić information content (AvgIpc) is 2.60. The Morgan fingerprint density at radius 3 is 2.60 bits per heavy atom. The van der Waals surface area contributed by atoms with Crippen LogP contribution in [-0.2, 0) is 16.1 Å². The molecule has 0 fully saturated rings. The van der Waals surface area contributed by atoms with Gasteiger partial charge in [-0.2, -0.15) is 5.26 Å². The number of hydrogen-bond acceptors (Lipinski definition) is 4. The zero-order valence-corrected chi connectivity index (χ0v) is 13.9. The van der Waals surface area contributed by atoms with Gasteiger partial charge in [0.05, 0.1) is 6.07 Å². The summed E-state index contributed by atoms with van der Waals surface area (Å²) in [4.78, 5) is 23.3. The van der Waals surface area contributed by atoms with Crippen molar-refractivity contribution in [2.45, 2.75) is 19.9 Å². The molecule has 0 aliphatic carbocycles. The lowest BCUT2D eigenvalue weighted by molar-refractivity contribution is -0.123. The fraction of sp³-hybridized carbons (Fsp3) is 0.211. The molecule has 2 aromatic rings. The SMILES string of the molecule is Cc1ccc(OCC(=O)NCc2cccc(NC(=O)CC#N)c2)cc1. The zero-order chi connectivity index (χ0) is 18.1. The Morgan fingerprint density at radius 1 is 1.12 bits per heavy atom. The van der Waals surface area contributed by atoms with Crippen LogP contribution in [0.2, 0.25) is 0 Å². The lowest BCUT2D eigenvalue weighted by Crippen LogP contribution is -2.28. The molecule has 0 spiro atoms. The minimum atomic E-state index is -0.366. The van der Waals surface area contributed by atoms with Gasteiger partial charge in [0.25, 0.3) is 5.91 Å². The van der Waals surface area contributed by atoms with Crippen molar-refractivity contribution in [1.82, 2.24) is 5.32 Å². The molecule has 2 rings (SSSR count). The molecule has 128 valence electrons. The van der Waals surface area contributed by atoms with Crippen LogP contribution in [0.4, 0.5) is 5.69 Å². The van der Waals surface area contributed by atoms with Gasteiger partial charge < -0.3 is 15.4 Å². The van der Waals surface area contributed by atoms with E-state index < -0.39 is 0 Å². The van der Waals surface area contributed by atoms with E-state index in [2.05, 4.69) is 10.6 Å². The van der Waals surface area contributed by atoms with E-state index in [0.717, 1.165) is 11.1 Å². The molecular weight excluding hydrogens is 318 g/mol. The quantitative estimate of drug-likeness (QED) is 0.812. The molecule has 6 nitrogen and oxygen atoms in total. The number of hydrogen-bond donors (Lipinski definition) is 2. The Labute approximate surface area is 146 Å². The Hall–Kier alpha value is -3.33. The third-order valence-electron chi connectivity index (χ3n) is 3.33. The predicted molar refractivity (Wildman–Crippen MR) is 93.8 cm³/mol. The maximum absolute atomic E-state index is 11.9. The van der Waals surface area contributed by atoms with Crippen molar-refractivity contribution in [3.05, 3.63) is 59.7 Å². The molecule has 0 atom stereocenters. The van der Waals surface area contributed by atoms with Crippen molar-refractivity contribution in [3.63, 3.8) is 0 Å². The van der Waals surface area contributed by atoms with Crippen LogP contribution in [0.15, 0.2) is 48.5 Å². The van der Waals surface area contributed by atoms with Gasteiger partial charge in [-0.05, 0) is 36.8 Å². The van der Waals surface area contributed by atoms with Crippen LogP contribution in [0.5, 0.6) is 5.75 Å². The first-order valence-corrected chi connectivity index (χ1v) is 7.79. The van der Waals surface area contributed by atoms with E-state index in [0.29, 0.717) is 18.0 Å². The van der Waals surface area contributed by atoms with E-state index in [1.807, 2.05) is 37.3 Å². The van der Waals surface area contributed by atoms with Crippen molar-refractivity contribution in [1.29, 1.82) is 5.26 Å². The molecule has 0 aliphatic heterocycles. The fourth-order valence-electron chi connectivity index (χ4n) is 2.07. The highest BCUT2D eigenvalue weighted by atomic mass is 16.5. The van der Waals surface area contributed by atoms with Gasteiger partial charge in [0.15, 0.2) is 6.61 Å². The molecule has 6 heteroatoms. The van der Waals surface area contributed by atoms with Crippen molar-refractivity contribution in [2.75, 3.05) is 11.9 Å². The van der Waals surface area contributed by atoms with Gasteiger partial charge in [-0.25, -0.2) is 0 Å². The summed E-state index contributed by atoms with van der Waals surface area (Å²) in [7, 11) is 0. The van der Waals surface area contributed by atoms with Gasteiger partial charge in [0.2, 0.25) is 5.91 Å². The number of amides is 2. The highest BCUT2D eigenvalue weighted by Crippen LogP contribution is 2.12. The molecule has 0 bridgehead atoms. The molecule has 0 saturated heterocycles. The van der Waals surface area contributed by atoms with Gasteiger partial charge in [-0.3, -0.25) is 9.59 Å². The van der Waals surface area contributed by atoms with E-state index in [4.69, 9.17) is 10.00 Å². The Morgan fingerprint density at radius 2 is 1.88 bits per heavy atom. The monoisotopic (exact) mass is 337 g/mol. The summed E-state index contributed by atoms with van der Waals surface area (Å²) in [5.41, 5.74) is 2.54. The average molecular weight is 337 g/mol. The van der Waals surface area contributed by atoms with Crippen LogP contribution in [0.3, 0.4) is 0 Å². The molecule has 2 N–H and O–H groups in total. The number of nitrogens with one attached hydrogen (secondary N) is 2. The van der Waals surface area contributed by atoms with Crippen molar-refractivity contribution >= 4 is 17.5 Å². The van der Waals surface area contributed by atoms with Gasteiger partial charge >= 0.3 is 0 Å². The van der Waals surface area contributed by atoms with Crippen LogP contribution in [0.1, 0.15) is 17.5 Å².